The van der Waals surface area contributed by atoms with Gasteiger partial charge in [-0.25, -0.2) is 0 Å². The number of carboxylic acid groups (broad SMARTS) is 2. The zero-order chi connectivity index (χ0) is 14.3. The van der Waals surface area contributed by atoms with Gasteiger partial charge in [-0.1, -0.05) is 0 Å². The topological polar surface area (TPSA) is 159 Å². The average Bonchev–Trinajstić information content (AvgIpc) is 2.23. The molecule has 0 aliphatic carbocycles. The molecule has 0 saturated heterocycles. The molecule has 102 valence electrons. The van der Waals surface area contributed by atoms with Gasteiger partial charge in [0.25, 0.3) is 0 Å². The molecule has 0 fully saturated rings. The lowest BCUT2D eigenvalue weighted by Gasteiger charge is -2.17. The van der Waals surface area contributed by atoms with Gasteiger partial charge in [-0.3, -0.25) is 19.2 Å². The number of aliphatic carboxylic acids is 2. The molecule has 2 amide bonds. The largest absolute Gasteiger partial charge is 0.481 e. The standard InChI is InChI=1S/C9H15N3O6/c1-4(10)8(17)12-5(2-6(13)14)9(18)11-3-7(15)16/h4-5H,2-3,10H2,1H3,(H,11,18)(H,12,17)(H,13,14)(H,15,16)/t4-,5-/m0/s1. The third kappa shape index (κ3) is 6.43. The van der Waals surface area contributed by atoms with Crippen molar-refractivity contribution in [2.45, 2.75) is 25.4 Å². The molecule has 0 aromatic rings. The van der Waals surface area contributed by atoms with E-state index >= 15 is 0 Å². The van der Waals surface area contributed by atoms with Crippen LogP contribution in [0.3, 0.4) is 0 Å². The number of nitrogens with two attached hydrogens (primary N) is 1. The summed E-state index contributed by atoms with van der Waals surface area (Å²) in [6.45, 7) is 0.700. The van der Waals surface area contributed by atoms with E-state index in [9.17, 15) is 19.2 Å². The Morgan fingerprint density at radius 2 is 1.67 bits per heavy atom. The molecule has 9 heteroatoms. The summed E-state index contributed by atoms with van der Waals surface area (Å²) in [6.07, 6.45) is -0.663. The van der Waals surface area contributed by atoms with Crippen molar-refractivity contribution in [3.63, 3.8) is 0 Å². The van der Waals surface area contributed by atoms with Crippen molar-refractivity contribution < 1.29 is 29.4 Å². The van der Waals surface area contributed by atoms with Crippen LogP contribution in [0.5, 0.6) is 0 Å². The van der Waals surface area contributed by atoms with Crippen LogP contribution in [0.25, 0.3) is 0 Å². The van der Waals surface area contributed by atoms with Gasteiger partial charge in [0.05, 0.1) is 12.5 Å². The van der Waals surface area contributed by atoms with Crippen LogP contribution in [-0.2, 0) is 19.2 Å². The number of nitrogens with one attached hydrogen (secondary N) is 2. The number of carbonyl (C=O) groups excluding carboxylic acids is 2. The number of amides is 2. The van der Waals surface area contributed by atoms with Crippen LogP contribution >= 0.6 is 0 Å². The van der Waals surface area contributed by atoms with Gasteiger partial charge in [0, 0.05) is 0 Å². The van der Waals surface area contributed by atoms with Crippen LogP contribution in [-0.4, -0.2) is 52.6 Å². The van der Waals surface area contributed by atoms with Crippen LogP contribution in [0.1, 0.15) is 13.3 Å². The van der Waals surface area contributed by atoms with E-state index < -0.39 is 48.8 Å². The van der Waals surface area contributed by atoms with E-state index in [-0.39, 0.29) is 0 Å². The van der Waals surface area contributed by atoms with Crippen molar-refractivity contribution in [3.05, 3.63) is 0 Å². The molecule has 0 spiro atoms. The highest BCUT2D eigenvalue weighted by Gasteiger charge is 2.24. The highest BCUT2D eigenvalue weighted by molar-refractivity contribution is 5.93. The molecule has 0 bridgehead atoms. The van der Waals surface area contributed by atoms with Crippen molar-refractivity contribution >= 4 is 23.8 Å². The molecule has 0 aromatic carbocycles. The third-order valence-electron chi connectivity index (χ3n) is 1.84. The maximum atomic E-state index is 11.4. The molecule has 6 N–H and O–H groups in total. The molecule has 0 rings (SSSR count). The molecular formula is C9H15N3O6. The molecule has 0 unspecified atom stereocenters. The molecule has 2 atom stereocenters. The van der Waals surface area contributed by atoms with E-state index in [1.165, 1.54) is 6.92 Å². The summed E-state index contributed by atoms with van der Waals surface area (Å²) in [7, 11) is 0. The van der Waals surface area contributed by atoms with Gasteiger partial charge in [0.1, 0.15) is 12.6 Å². The van der Waals surface area contributed by atoms with Crippen LogP contribution in [0.15, 0.2) is 0 Å². The highest BCUT2D eigenvalue weighted by Crippen LogP contribution is 1.94. The van der Waals surface area contributed by atoms with Crippen LogP contribution in [0.2, 0.25) is 0 Å². The van der Waals surface area contributed by atoms with Gasteiger partial charge in [0.2, 0.25) is 11.8 Å². The van der Waals surface area contributed by atoms with Crippen LogP contribution in [0.4, 0.5) is 0 Å². The normalized spacial score (nSPS) is 13.2. The Morgan fingerprint density at radius 3 is 2.06 bits per heavy atom. The minimum atomic E-state index is -1.36. The molecule has 0 heterocycles. The fourth-order valence-electron chi connectivity index (χ4n) is 0.973. The maximum absolute atomic E-state index is 11.4. The van der Waals surface area contributed by atoms with E-state index in [0.29, 0.717) is 0 Å². The predicted octanol–water partition coefficient (Wildman–Crippen LogP) is -2.51. The van der Waals surface area contributed by atoms with E-state index in [4.69, 9.17) is 15.9 Å². The molecule has 0 aromatic heterocycles. The van der Waals surface area contributed by atoms with E-state index in [1.54, 1.807) is 0 Å². The second-order valence-electron chi connectivity index (χ2n) is 3.56. The monoisotopic (exact) mass is 261 g/mol. The Hall–Kier alpha value is -2.16. The molecule has 18 heavy (non-hydrogen) atoms. The van der Waals surface area contributed by atoms with Gasteiger partial charge in [-0.2, -0.15) is 0 Å². The maximum Gasteiger partial charge on any atom is 0.322 e. The van der Waals surface area contributed by atoms with Crippen LogP contribution in [0, 0.1) is 0 Å². The summed E-state index contributed by atoms with van der Waals surface area (Å²) >= 11 is 0. The summed E-state index contributed by atoms with van der Waals surface area (Å²) in [4.78, 5) is 43.5. The van der Waals surface area contributed by atoms with Crippen LogP contribution < -0.4 is 16.4 Å². The molecule has 0 radical (unpaired) electrons. The lowest BCUT2D eigenvalue weighted by atomic mass is 10.1. The Kier molecular flexibility index (Phi) is 6.35. The molecule has 0 aliphatic heterocycles. The second kappa shape index (κ2) is 7.22. The van der Waals surface area contributed by atoms with E-state index in [2.05, 4.69) is 5.32 Å². The van der Waals surface area contributed by atoms with Crippen molar-refractivity contribution in [2.75, 3.05) is 6.54 Å². The first-order chi connectivity index (χ1) is 8.23. The van der Waals surface area contributed by atoms with Gasteiger partial charge < -0.3 is 26.6 Å². The number of hydrogen-bond donors (Lipinski definition) is 5. The summed E-state index contributed by atoms with van der Waals surface area (Å²) in [5.41, 5.74) is 5.25. The third-order valence-corrected chi connectivity index (χ3v) is 1.84. The minimum Gasteiger partial charge on any atom is -0.481 e. The molecular weight excluding hydrogens is 246 g/mol. The highest BCUT2D eigenvalue weighted by atomic mass is 16.4. The zero-order valence-electron chi connectivity index (χ0n) is 9.67. The average molecular weight is 261 g/mol. The fourth-order valence-corrected chi connectivity index (χ4v) is 0.973. The lowest BCUT2D eigenvalue weighted by molar-refractivity contribution is -0.141. The van der Waals surface area contributed by atoms with Crippen molar-refractivity contribution in [1.29, 1.82) is 0 Å². The number of hydrogen-bond acceptors (Lipinski definition) is 5. The Morgan fingerprint density at radius 1 is 1.11 bits per heavy atom. The number of carbonyl (C=O) groups is 4. The van der Waals surface area contributed by atoms with Crippen molar-refractivity contribution in [1.82, 2.24) is 10.6 Å². The van der Waals surface area contributed by atoms with Gasteiger partial charge in [0.15, 0.2) is 0 Å². The summed E-state index contributed by atoms with van der Waals surface area (Å²) in [6, 6.07) is -2.27. The Balaban J connectivity index is 4.56. The second-order valence-corrected chi connectivity index (χ2v) is 3.56. The first-order valence-electron chi connectivity index (χ1n) is 5.01. The number of rotatable bonds is 7. The van der Waals surface area contributed by atoms with Gasteiger partial charge in [-0.05, 0) is 6.92 Å². The predicted molar refractivity (Wildman–Crippen MR) is 58.5 cm³/mol. The van der Waals surface area contributed by atoms with Crippen molar-refractivity contribution in [3.8, 4) is 0 Å². The molecule has 0 aliphatic rings. The summed E-state index contributed by atoms with van der Waals surface area (Å²) in [5.74, 6) is -4.19. The van der Waals surface area contributed by atoms with E-state index in [1.807, 2.05) is 5.32 Å². The van der Waals surface area contributed by atoms with Gasteiger partial charge >= 0.3 is 11.9 Å². The summed E-state index contributed by atoms with van der Waals surface area (Å²) in [5, 5.41) is 21.0. The van der Waals surface area contributed by atoms with E-state index in [0.717, 1.165) is 0 Å². The first kappa shape index (κ1) is 15.8. The molecule has 0 saturated carbocycles. The number of carboxylic acids is 2. The zero-order valence-corrected chi connectivity index (χ0v) is 9.67. The van der Waals surface area contributed by atoms with Gasteiger partial charge in [-0.15, -0.1) is 0 Å². The van der Waals surface area contributed by atoms with Crippen molar-refractivity contribution in [2.24, 2.45) is 5.73 Å². The Labute approximate surface area is 102 Å². The first-order valence-corrected chi connectivity index (χ1v) is 5.01. The quantitative estimate of drug-likeness (QED) is 0.338. The summed E-state index contributed by atoms with van der Waals surface area (Å²) < 4.78 is 0. The lowest BCUT2D eigenvalue weighted by Crippen LogP contribution is -2.52. The molecule has 9 nitrogen and oxygen atoms in total. The smallest absolute Gasteiger partial charge is 0.322 e. The fraction of sp³-hybridized carbons (Fsp3) is 0.556. The minimum absolute atomic E-state index is 0.663. The Bertz CT molecular complexity index is 354. The SMILES string of the molecule is C[C@H](N)C(=O)N[C@@H](CC(=O)O)C(=O)NCC(=O)O.